The molecule has 0 unspecified atom stereocenters. The quantitative estimate of drug-likeness (QED) is 0.353. The van der Waals surface area contributed by atoms with Crippen LogP contribution in [0.25, 0.3) is 11.0 Å². The molecule has 2 aliphatic rings. The molecule has 5 rings (SSSR count). The number of anilines is 2. The second-order valence-corrected chi connectivity index (χ2v) is 9.51. The SMILES string of the molecule is O=C(c1cc(NC(=O)C2CCOCC2)ccc1Cl)c1c[nH]c2ncnc(N[C@@H]3CC[C@@H](CO)OC3)c12. The van der Waals surface area contributed by atoms with Gasteiger partial charge in [0.15, 0.2) is 5.78 Å². The van der Waals surface area contributed by atoms with Gasteiger partial charge in [0.2, 0.25) is 5.91 Å². The molecule has 0 saturated carbocycles. The third-order valence-corrected chi connectivity index (χ3v) is 7.03. The zero-order valence-corrected chi connectivity index (χ0v) is 20.4. The van der Waals surface area contributed by atoms with Gasteiger partial charge in [-0.05, 0) is 43.9 Å². The number of H-pyrrole nitrogens is 1. The summed E-state index contributed by atoms with van der Waals surface area (Å²) >= 11 is 6.42. The van der Waals surface area contributed by atoms with Crippen LogP contribution in [0.1, 0.15) is 41.6 Å². The van der Waals surface area contributed by atoms with Crippen molar-refractivity contribution in [3.63, 3.8) is 0 Å². The molecule has 0 bridgehead atoms. The van der Waals surface area contributed by atoms with Crippen LogP contribution in [-0.2, 0) is 14.3 Å². The highest BCUT2D eigenvalue weighted by Crippen LogP contribution is 2.30. The number of aliphatic hydroxyl groups is 1. The van der Waals surface area contributed by atoms with Crippen LogP contribution in [0.15, 0.2) is 30.7 Å². The number of carbonyl (C=O) groups is 2. The summed E-state index contributed by atoms with van der Waals surface area (Å²) in [6, 6.07) is 4.87. The van der Waals surface area contributed by atoms with Crippen LogP contribution < -0.4 is 10.6 Å². The number of carbonyl (C=O) groups excluding carboxylic acids is 2. The predicted molar refractivity (Wildman–Crippen MR) is 134 cm³/mol. The fourth-order valence-corrected chi connectivity index (χ4v) is 4.84. The fraction of sp³-hybridized carbons (Fsp3) is 0.440. The highest BCUT2D eigenvalue weighted by atomic mass is 35.5. The van der Waals surface area contributed by atoms with Crippen molar-refractivity contribution in [2.24, 2.45) is 5.92 Å². The normalized spacial score (nSPS) is 20.8. The second-order valence-electron chi connectivity index (χ2n) is 9.10. The van der Waals surface area contributed by atoms with E-state index in [1.165, 1.54) is 6.33 Å². The van der Waals surface area contributed by atoms with E-state index in [0.29, 0.717) is 60.8 Å². The molecule has 1 amide bonds. The standard InChI is InChI=1S/C25H28ClN5O5/c26-20-4-2-15(31-25(34)14-5-7-35-8-6-14)9-18(20)22(33)19-10-27-23-21(19)24(29-13-28-23)30-16-1-3-17(11-32)36-12-16/h2,4,9-10,13-14,16-17,32H,1,3,5-8,11-12H2,(H,31,34)(H2,27,28,29,30)/t16-,17+/m1/s1. The maximum Gasteiger partial charge on any atom is 0.227 e. The number of aromatic amines is 1. The number of nitrogens with one attached hydrogen (secondary N) is 3. The summed E-state index contributed by atoms with van der Waals surface area (Å²) < 4.78 is 11.0. The lowest BCUT2D eigenvalue weighted by atomic mass is 9.99. The van der Waals surface area contributed by atoms with Gasteiger partial charge < -0.3 is 30.2 Å². The summed E-state index contributed by atoms with van der Waals surface area (Å²) in [6.45, 7) is 1.55. The Labute approximate surface area is 212 Å². The van der Waals surface area contributed by atoms with Crippen molar-refractivity contribution in [3.8, 4) is 0 Å². The molecule has 10 nitrogen and oxygen atoms in total. The number of amides is 1. The van der Waals surface area contributed by atoms with Crippen molar-refractivity contribution in [2.45, 2.75) is 37.8 Å². The molecule has 4 heterocycles. The zero-order valence-electron chi connectivity index (χ0n) is 19.6. The Morgan fingerprint density at radius 2 is 1.97 bits per heavy atom. The van der Waals surface area contributed by atoms with E-state index in [-0.39, 0.29) is 46.9 Å². The lowest BCUT2D eigenvalue weighted by Crippen LogP contribution is -2.36. The summed E-state index contributed by atoms with van der Waals surface area (Å²) in [4.78, 5) is 38.0. The lowest BCUT2D eigenvalue weighted by Gasteiger charge is -2.29. The van der Waals surface area contributed by atoms with Crippen LogP contribution >= 0.6 is 11.6 Å². The van der Waals surface area contributed by atoms with E-state index < -0.39 is 0 Å². The van der Waals surface area contributed by atoms with Crippen LogP contribution in [0.5, 0.6) is 0 Å². The Hall–Kier alpha value is -3.05. The number of hydrogen-bond acceptors (Lipinski definition) is 8. The molecule has 2 fully saturated rings. The third kappa shape index (κ3) is 5.22. The van der Waals surface area contributed by atoms with Gasteiger partial charge in [0, 0.05) is 36.6 Å². The van der Waals surface area contributed by atoms with Gasteiger partial charge in [0.05, 0.1) is 41.3 Å². The summed E-state index contributed by atoms with van der Waals surface area (Å²) in [5.41, 5.74) is 1.66. The summed E-state index contributed by atoms with van der Waals surface area (Å²) in [7, 11) is 0. The molecule has 0 aliphatic carbocycles. The molecule has 4 N–H and O–H groups in total. The average Bonchev–Trinajstić information content (AvgIpc) is 3.35. The largest absolute Gasteiger partial charge is 0.394 e. The van der Waals surface area contributed by atoms with Crippen molar-refractivity contribution in [1.29, 1.82) is 0 Å². The van der Waals surface area contributed by atoms with E-state index in [1.807, 2.05) is 0 Å². The topological polar surface area (TPSA) is 138 Å². The van der Waals surface area contributed by atoms with E-state index in [0.717, 1.165) is 12.8 Å². The molecular weight excluding hydrogens is 486 g/mol. The minimum atomic E-state index is -0.313. The third-order valence-electron chi connectivity index (χ3n) is 6.70. The number of aliphatic hydroxyl groups excluding tert-OH is 1. The van der Waals surface area contributed by atoms with Gasteiger partial charge in [-0.15, -0.1) is 0 Å². The average molecular weight is 514 g/mol. The number of aromatic nitrogens is 3. The van der Waals surface area contributed by atoms with E-state index >= 15 is 0 Å². The van der Waals surface area contributed by atoms with Crippen LogP contribution in [0, 0.1) is 5.92 Å². The van der Waals surface area contributed by atoms with Crippen molar-refractivity contribution in [3.05, 3.63) is 46.9 Å². The summed E-state index contributed by atoms with van der Waals surface area (Å²) in [5, 5.41) is 16.4. The predicted octanol–water partition coefficient (Wildman–Crippen LogP) is 3.16. The van der Waals surface area contributed by atoms with E-state index in [1.54, 1.807) is 24.4 Å². The maximum absolute atomic E-state index is 13.6. The Morgan fingerprint density at radius 1 is 1.14 bits per heavy atom. The first-order valence-corrected chi connectivity index (χ1v) is 12.4. The summed E-state index contributed by atoms with van der Waals surface area (Å²) in [6.07, 6.45) is 5.73. The van der Waals surface area contributed by atoms with Crippen molar-refractivity contribution in [2.75, 3.05) is 37.1 Å². The van der Waals surface area contributed by atoms with Gasteiger partial charge >= 0.3 is 0 Å². The van der Waals surface area contributed by atoms with Crippen molar-refractivity contribution in [1.82, 2.24) is 15.0 Å². The number of ketones is 1. The Bertz CT molecular complexity index is 1250. The number of halogens is 1. The molecule has 2 aromatic heterocycles. The number of rotatable bonds is 7. The molecule has 0 radical (unpaired) electrons. The monoisotopic (exact) mass is 513 g/mol. The van der Waals surface area contributed by atoms with Crippen LogP contribution in [0.4, 0.5) is 11.5 Å². The Balaban J connectivity index is 1.39. The molecule has 36 heavy (non-hydrogen) atoms. The van der Waals surface area contributed by atoms with Crippen LogP contribution in [0.2, 0.25) is 5.02 Å². The van der Waals surface area contributed by atoms with Gasteiger partial charge in [0.25, 0.3) is 0 Å². The minimum absolute atomic E-state index is 0.00369. The smallest absolute Gasteiger partial charge is 0.227 e. The number of ether oxygens (including phenoxy) is 2. The first-order valence-electron chi connectivity index (χ1n) is 12.1. The minimum Gasteiger partial charge on any atom is -0.394 e. The highest BCUT2D eigenvalue weighted by Gasteiger charge is 2.26. The van der Waals surface area contributed by atoms with E-state index in [9.17, 15) is 14.7 Å². The van der Waals surface area contributed by atoms with Gasteiger partial charge in [-0.2, -0.15) is 0 Å². The maximum atomic E-state index is 13.6. The van der Waals surface area contributed by atoms with Crippen molar-refractivity contribution < 1.29 is 24.2 Å². The number of fused-ring (bicyclic) bond motifs is 1. The van der Waals surface area contributed by atoms with Gasteiger partial charge in [-0.3, -0.25) is 9.59 Å². The molecule has 2 aliphatic heterocycles. The first-order chi connectivity index (χ1) is 17.5. The number of hydrogen-bond donors (Lipinski definition) is 4. The lowest BCUT2D eigenvalue weighted by molar-refractivity contribution is -0.122. The van der Waals surface area contributed by atoms with E-state index in [2.05, 4.69) is 25.6 Å². The number of nitrogens with zero attached hydrogens (tertiary/aromatic N) is 2. The van der Waals surface area contributed by atoms with Gasteiger partial charge in [-0.25, -0.2) is 9.97 Å². The van der Waals surface area contributed by atoms with Gasteiger partial charge in [-0.1, -0.05) is 11.6 Å². The fourth-order valence-electron chi connectivity index (χ4n) is 4.63. The second kappa shape index (κ2) is 10.9. The van der Waals surface area contributed by atoms with Crippen molar-refractivity contribution >= 4 is 45.8 Å². The zero-order chi connectivity index (χ0) is 25.1. The molecule has 190 valence electrons. The van der Waals surface area contributed by atoms with Gasteiger partial charge in [0.1, 0.15) is 17.8 Å². The molecule has 3 aromatic rings. The molecule has 0 spiro atoms. The molecule has 2 saturated heterocycles. The highest BCUT2D eigenvalue weighted by molar-refractivity contribution is 6.36. The molecule has 2 atom stereocenters. The molecule has 11 heteroatoms. The molecular formula is C25H28ClN5O5. The van der Waals surface area contributed by atoms with Crippen LogP contribution in [-0.4, -0.2) is 70.3 Å². The Kier molecular flexibility index (Phi) is 7.47. The Morgan fingerprint density at radius 3 is 2.72 bits per heavy atom. The molecule has 1 aromatic carbocycles. The van der Waals surface area contributed by atoms with E-state index in [4.69, 9.17) is 21.1 Å². The first kappa shape index (κ1) is 24.6. The summed E-state index contributed by atoms with van der Waals surface area (Å²) in [5.74, 6) is -0.0132. The number of benzene rings is 1. The van der Waals surface area contributed by atoms with Crippen LogP contribution in [0.3, 0.4) is 0 Å².